The smallest absolute Gasteiger partial charge is 0.257 e. The SMILES string of the molecule is CCN(CC)Cc1cnc2c(C(=O)NC(C)C(=O)N(C)C)cnn2c1. The molecule has 0 aliphatic carbocycles. The Morgan fingerprint density at radius 1 is 1.24 bits per heavy atom. The molecule has 0 spiro atoms. The molecular weight excluding hydrogens is 320 g/mol. The van der Waals surface area contributed by atoms with Crippen LogP contribution in [0, 0.1) is 0 Å². The van der Waals surface area contributed by atoms with E-state index in [1.807, 2.05) is 6.20 Å². The first-order chi connectivity index (χ1) is 11.9. The number of carbonyl (C=O) groups excluding carboxylic acids is 2. The Morgan fingerprint density at radius 3 is 2.52 bits per heavy atom. The molecule has 2 aromatic heterocycles. The summed E-state index contributed by atoms with van der Waals surface area (Å²) in [6, 6.07) is -0.612. The Hall–Kier alpha value is -2.48. The number of aromatic nitrogens is 3. The lowest BCUT2D eigenvalue weighted by molar-refractivity contribution is -0.130. The Bertz CT molecular complexity index is 751. The Balaban J connectivity index is 2.17. The van der Waals surface area contributed by atoms with Crippen molar-refractivity contribution in [2.24, 2.45) is 0 Å². The number of fused-ring (bicyclic) bond motifs is 1. The van der Waals surface area contributed by atoms with Gasteiger partial charge in [0.2, 0.25) is 5.91 Å². The molecule has 0 bridgehead atoms. The number of carbonyl (C=O) groups is 2. The van der Waals surface area contributed by atoms with Crippen LogP contribution in [-0.4, -0.2) is 69.4 Å². The predicted octanol–water partition coefficient (Wildman–Crippen LogP) is 0.778. The van der Waals surface area contributed by atoms with Crippen molar-refractivity contribution in [2.75, 3.05) is 27.2 Å². The van der Waals surface area contributed by atoms with Crippen LogP contribution in [0.2, 0.25) is 0 Å². The summed E-state index contributed by atoms with van der Waals surface area (Å²) in [6.07, 6.45) is 5.12. The molecule has 0 aliphatic rings. The third-order valence-corrected chi connectivity index (χ3v) is 4.11. The van der Waals surface area contributed by atoms with Crippen molar-refractivity contribution < 1.29 is 9.59 Å². The molecule has 8 heteroatoms. The summed E-state index contributed by atoms with van der Waals surface area (Å²) >= 11 is 0. The van der Waals surface area contributed by atoms with Crippen LogP contribution in [0.15, 0.2) is 18.6 Å². The highest BCUT2D eigenvalue weighted by Gasteiger charge is 2.21. The van der Waals surface area contributed by atoms with Gasteiger partial charge in [0.25, 0.3) is 5.91 Å². The zero-order valence-electron chi connectivity index (χ0n) is 15.5. The van der Waals surface area contributed by atoms with Crippen LogP contribution in [0.25, 0.3) is 5.65 Å². The number of rotatable bonds is 7. The number of amides is 2. The van der Waals surface area contributed by atoms with E-state index in [2.05, 4.69) is 34.1 Å². The van der Waals surface area contributed by atoms with Crippen molar-refractivity contribution >= 4 is 17.5 Å². The number of likely N-dealkylation sites (N-methyl/N-ethyl adjacent to an activating group) is 1. The molecule has 0 saturated carbocycles. The largest absolute Gasteiger partial charge is 0.347 e. The van der Waals surface area contributed by atoms with Crippen LogP contribution in [0.5, 0.6) is 0 Å². The molecule has 25 heavy (non-hydrogen) atoms. The summed E-state index contributed by atoms with van der Waals surface area (Å²) in [7, 11) is 3.30. The maximum absolute atomic E-state index is 12.4. The number of hydrogen-bond acceptors (Lipinski definition) is 5. The van der Waals surface area contributed by atoms with Gasteiger partial charge in [-0.15, -0.1) is 0 Å². The second kappa shape index (κ2) is 8.06. The standard InChI is InChI=1S/C17H26N6O2/c1-6-22(7-2)10-13-8-18-15-14(9-19-23(15)11-13)16(24)20-12(3)17(25)21(4)5/h8-9,11-12H,6-7,10H2,1-5H3,(H,20,24). The number of nitrogens with one attached hydrogen (secondary N) is 1. The average Bonchev–Trinajstić information content (AvgIpc) is 3.01. The molecular formula is C17H26N6O2. The van der Waals surface area contributed by atoms with Crippen molar-refractivity contribution in [2.45, 2.75) is 33.4 Å². The average molecular weight is 346 g/mol. The van der Waals surface area contributed by atoms with Gasteiger partial charge in [-0.1, -0.05) is 13.8 Å². The molecule has 0 saturated heterocycles. The zero-order valence-corrected chi connectivity index (χ0v) is 15.5. The van der Waals surface area contributed by atoms with Gasteiger partial charge < -0.3 is 10.2 Å². The fraction of sp³-hybridized carbons (Fsp3) is 0.529. The summed E-state index contributed by atoms with van der Waals surface area (Å²) in [5, 5.41) is 6.91. The van der Waals surface area contributed by atoms with Gasteiger partial charge in [-0.3, -0.25) is 14.5 Å². The first-order valence-electron chi connectivity index (χ1n) is 8.44. The van der Waals surface area contributed by atoms with E-state index in [1.165, 1.54) is 11.1 Å². The topological polar surface area (TPSA) is 82.8 Å². The van der Waals surface area contributed by atoms with Crippen molar-refractivity contribution in [3.05, 3.63) is 29.7 Å². The lowest BCUT2D eigenvalue weighted by Gasteiger charge is -2.18. The molecule has 0 radical (unpaired) electrons. The lowest BCUT2D eigenvalue weighted by Crippen LogP contribution is -2.44. The van der Waals surface area contributed by atoms with Crippen LogP contribution in [0.3, 0.4) is 0 Å². The maximum atomic E-state index is 12.4. The first-order valence-corrected chi connectivity index (χ1v) is 8.44. The van der Waals surface area contributed by atoms with E-state index in [0.717, 1.165) is 25.2 Å². The van der Waals surface area contributed by atoms with E-state index in [1.54, 1.807) is 31.7 Å². The predicted molar refractivity (Wildman–Crippen MR) is 95.2 cm³/mol. The molecule has 8 nitrogen and oxygen atoms in total. The normalized spacial score (nSPS) is 12.4. The van der Waals surface area contributed by atoms with E-state index >= 15 is 0 Å². The van der Waals surface area contributed by atoms with Crippen molar-refractivity contribution in [1.82, 2.24) is 29.7 Å². The number of nitrogens with zero attached hydrogens (tertiary/aromatic N) is 5. The highest BCUT2D eigenvalue weighted by atomic mass is 16.2. The van der Waals surface area contributed by atoms with Gasteiger partial charge in [-0.05, 0) is 20.0 Å². The van der Waals surface area contributed by atoms with Crippen molar-refractivity contribution in [1.29, 1.82) is 0 Å². The van der Waals surface area contributed by atoms with Crippen LogP contribution in [-0.2, 0) is 11.3 Å². The highest BCUT2D eigenvalue weighted by molar-refractivity contribution is 6.01. The molecule has 2 aromatic rings. The van der Waals surface area contributed by atoms with Gasteiger partial charge in [-0.2, -0.15) is 5.10 Å². The van der Waals surface area contributed by atoms with Gasteiger partial charge in [0.1, 0.15) is 11.6 Å². The molecule has 1 atom stereocenters. The second-order valence-corrected chi connectivity index (χ2v) is 6.18. The summed E-state index contributed by atoms with van der Waals surface area (Å²) < 4.78 is 1.60. The van der Waals surface area contributed by atoms with E-state index < -0.39 is 6.04 Å². The Morgan fingerprint density at radius 2 is 1.92 bits per heavy atom. The van der Waals surface area contributed by atoms with E-state index in [4.69, 9.17) is 0 Å². The fourth-order valence-corrected chi connectivity index (χ4v) is 2.58. The minimum atomic E-state index is -0.612. The molecule has 2 heterocycles. The van der Waals surface area contributed by atoms with Crippen LogP contribution in [0.1, 0.15) is 36.7 Å². The number of hydrogen-bond donors (Lipinski definition) is 1. The van der Waals surface area contributed by atoms with Gasteiger partial charge in [-0.25, -0.2) is 9.50 Å². The molecule has 136 valence electrons. The monoisotopic (exact) mass is 346 g/mol. The molecule has 0 fully saturated rings. The van der Waals surface area contributed by atoms with Crippen molar-refractivity contribution in [3.63, 3.8) is 0 Å². The maximum Gasteiger partial charge on any atom is 0.257 e. The van der Waals surface area contributed by atoms with Gasteiger partial charge in [0.05, 0.1) is 6.20 Å². The minimum absolute atomic E-state index is 0.167. The van der Waals surface area contributed by atoms with Gasteiger partial charge >= 0.3 is 0 Å². The fourth-order valence-electron chi connectivity index (χ4n) is 2.58. The summed E-state index contributed by atoms with van der Waals surface area (Å²) in [4.78, 5) is 32.4. The molecule has 0 aliphatic heterocycles. The first kappa shape index (κ1) is 18.9. The van der Waals surface area contributed by atoms with Crippen molar-refractivity contribution in [3.8, 4) is 0 Å². The zero-order chi connectivity index (χ0) is 18.6. The van der Waals surface area contributed by atoms with Gasteiger partial charge in [0.15, 0.2) is 5.65 Å². The van der Waals surface area contributed by atoms with Crippen LogP contribution >= 0.6 is 0 Å². The third-order valence-electron chi connectivity index (χ3n) is 4.11. The van der Waals surface area contributed by atoms with E-state index in [0.29, 0.717) is 11.2 Å². The molecule has 2 rings (SSSR count). The van der Waals surface area contributed by atoms with Gasteiger partial charge in [0, 0.05) is 38.6 Å². The quantitative estimate of drug-likeness (QED) is 0.801. The Kier molecular flexibility index (Phi) is 6.08. The minimum Gasteiger partial charge on any atom is -0.347 e. The lowest BCUT2D eigenvalue weighted by atomic mass is 10.2. The van der Waals surface area contributed by atoms with Crippen LogP contribution < -0.4 is 5.32 Å². The summed E-state index contributed by atoms with van der Waals surface area (Å²) in [6.45, 7) is 8.58. The Labute approximate surface area is 147 Å². The van der Waals surface area contributed by atoms with E-state index in [-0.39, 0.29) is 11.8 Å². The molecule has 1 unspecified atom stereocenters. The summed E-state index contributed by atoms with van der Waals surface area (Å²) in [5.41, 5.74) is 1.86. The van der Waals surface area contributed by atoms with Crippen LogP contribution in [0.4, 0.5) is 0 Å². The summed E-state index contributed by atoms with van der Waals surface area (Å²) in [5.74, 6) is -0.527. The molecule has 1 N–H and O–H groups in total. The third kappa shape index (κ3) is 4.33. The second-order valence-electron chi connectivity index (χ2n) is 6.18. The molecule has 2 amide bonds. The highest BCUT2D eigenvalue weighted by Crippen LogP contribution is 2.11. The molecule has 0 aromatic carbocycles. The van der Waals surface area contributed by atoms with E-state index in [9.17, 15) is 9.59 Å².